The Kier molecular flexibility index (Phi) is 30.2. The van der Waals surface area contributed by atoms with E-state index in [1.165, 1.54) is 128 Å². The van der Waals surface area contributed by atoms with E-state index in [4.69, 9.17) is 9.05 Å². The van der Waals surface area contributed by atoms with Gasteiger partial charge in [0.25, 0.3) is 7.82 Å². The summed E-state index contributed by atoms with van der Waals surface area (Å²) in [6.07, 6.45) is 31.3. The first kappa shape index (κ1) is 45.5. The summed E-state index contributed by atoms with van der Waals surface area (Å²) >= 11 is 0. The molecule has 0 aromatic carbocycles. The van der Waals surface area contributed by atoms with Crippen LogP contribution in [0.2, 0.25) is 0 Å². The van der Waals surface area contributed by atoms with Crippen LogP contribution < -0.4 is 10.2 Å². The molecule has 276 valence electrons. The molecule has 3 unspecified atom stereocenters. The maximum Gasteiger partial charge on any atom is 0.268 e. The SMILES string of the molecule is CCCCCCCCCCCCCCCCCCCCCCCCCC(O)C(COP(=O)([O-])OCC[N+](C)(C)C)NC(=O)CCC. The topological polar surface area (TPSA) is 108 Å². The highest BCUT2D eigenvalue weighted by Gasteiger charge is 2.24. The van der Waals surface area contributed by atoms with Crippen molar-refractivity contribution in [3.05, 3.63) is 0 Å². The Labute approximate surface area is 285 Å². The number of phosphoric ester groups is 1. The number of unbranched alkanes of at least 4 members (excludes halogenated alkanes) is 22. The molecule has 0 spiro atoms. The van der Waals surface area contributed by atoms with Crippen LogP contribution in [0.3, 0.4) is 0 Å². The van der Waals surface area contributed by atoms with E-state index in [1.54, 1.807) is 0 Å². The molecule has 0 heterocycles. The first-order chi connectivity index (χ1) is 22.0. The monoisotopic (exact) mass is 677 g/mol. The van der Waals surface area contributed by atoms with Crippen LogP contribution in [0.5, 0.6) is 0 Å². The number of aliphatic hydroxyl groups excluding tert-OH is 1. The van der Waals surface area contributed by atoms with Gasteiger partial charge in [0.15, 0.2) is 0 Å². The van der Waals surface area contributed by atoms with Crippen molar-refractivity contribution >= 4 is 13.7 Å². The molecular weight excluding hydrogens is 599 g/mol. The third-order valence-corrected chi connectivity index (χ3v) is 9.78. The van der Waals surface area contributed by atoms with E-state index in [-0.39, 0.29) is 19.1 Å². The van der Waals surface area contributed by atoms with Crippen molar-refractivity contribution in [2.24, 2.45) is 0 Å². The van der Waals surface area contributed by atoms with Crippen molar-refractivity contribution in [3.8, 4) is 0 Å². The maximum atomic E-state index is 12.2. The van der Waals surface area contributed by atoms with Gasteiger partial charge in [0.2, 0.25) is 5.91 Å². The van der Waals surface area contributed by atoms with E-state index in [1.807, 2.05) is 28.1 Å². The molecule has 0 aromatic heterocycles. The number of amides is 1. The number of nitrogens with zero attached hydrogens (tertiary/aromatic N) is 1. The zero-order chi connectivity index (χ0) is 34.4. The Balaban J connectivity index is 3.83. The zero-order valence-corrected chi connectivity index (χ0v) is 31.9. The van der Waals surface area contributed by atoms with Crippen LogP contribution in [0.15, 0.2) is 0 Å². The lowest BCUT2D eigenvalue weighted by Crippen LogP contribution is -2.46. The second kappa shape index (κ2) is 30.6. The van der Waals surface area contributed by atoms with Gasteiger partial charge in [0, 0.05) is 6.42 Å². The van der Waals surface area contributed by atoms with Gasteiger partial charge < -0.3 is 28.8 Å². The molecule has 1 amide bonds. The predicted molar refractivity (Wildman–Crippen MR) is 192 cm³/mol. The molecule has 0 bridgehead atoms. The second-order valence-corrected chi connectivity index (χ2v) is 16.1. The van der Waals surface area contributed by atoms with Gasteiger partial charge in [-0.2, -0.15) is 0 Å². The Bertz CT molecular complexity index is 733. The third-order valence-electron chi connectivity index (χ3n) is 8.82. The van der Waals surface area contributed by atoms with Crippen LogP contribution in [-0.4, -0.2) is 68.5 Å². The maximum absolute atomic E-state index is 12.2. The summed E-state index contributed by atoms with van der Waals surface area (Å²) in [6.45, 7) is 4.37. The molecule has 0 fully saturated rings. The number of carbonyl (C=O) groups is 1. The summed E-state index contributed by atoms with van der Waals surface area (Å²) in [5.41, 5.74) is 0. The Morgan fingerprint density at radius 3 is 1.43 bits per heavy atom. The summed E-state index contributed by atoms with van der Waals surface area (Å²) in [4.78, 5) is 24.4. The van der Waals surface area contributed by atoms with Crippen molar-refractivity contribution in [1.82, 2.24) is 5.32 Å². The molecule has 0 saturated heterocycles. The molecule has 0 radical (unpaired) electrons. The number of carbonyl (C=O) groups excluding carboxylic acids is 1. The number of hydrogen-bond donors (Lipinski definition) is 2. The van der Waals surface area contributed by atoms with Crippen LogP contribution in [0, 0.1) is 0 Å². The predicted octanol–water partition coefficient (Wildman–Crippen LogP) is 9.22. The van der Waals surface area contributed by atoms with Gasteiger partial charge in [-0.15, -0.1) is 0 Å². The quantitative estimate of drug-likeness (QED) is 0.0394. The lowest BCUT2D eigenvalue weighted by molar-refractivity contribution is -0.870. The van der Waals surface area contributed by atoms with Gasteiger partial charge in [0.1, 0.15) is 13.2 Å². The average Bonchev–Trinajstić information content (AvgIpc) is 2.98. The standard InChI is InChI=1S/C37H77N2O6P/c1-6-8-9-10-11-12-13-14-15-16-17-18-19-20-21-22-23-24-25-26-27-28-29-31-36(40)35(38-37(41)30-7-2)34-45-46(42,43)44-33-32-39(3,4)5/h35-36,40H,6-34H2,1-5H3,(H-,38,41,42,43). The molecule has 0 aromatic rings. The number of rotatable bonds is 35. The summed E-state index contributed by atoms with van der Waals surface area (Å²) < 4.78 is 22.8. The number of hydrogen-bond acceptors (Lipinski definition) is 6. The van der Waals surface area contributed by atoms with E-state index in [9.17, 15) is 19.4 Å². The van der Waals surface area contributed by atoms with Crippen molar-refractivity contribution < 1.29 is 32.9 Å². The molecule has 2 N–H and O–H groups in total. The summed E-state index contributed by atoms with van der Waals surface area (Å²) in [7, 11) is 1.30. The minimum atomic E-state index is -4.52. The molecule has 0 saturated carbocycles. The molecular formula is C37H77N2O6P. The number of nitrogens with one attached hydrogen (secondary N) is 1. The first-order valence-electron chi connectivity index (χ1n) is 19.4. The van der Waals surface area contributed by atoms with Crippen LogP contribution in [-0.2, 0) is 18.4 Å². The van der Waals surface area contributed by atoms with E-state index in [0.717, 1.165) is 19.3 Å². The highest BCUT2D eigenvalue weighted by atomic mass is 31.2. The normalized spacial score (nSPS) is 14.7. The van der Waals surface area contributed by atoms with Crippen molar-refractivity contribution in [2.45, 2.75) is 193 Å². The highest BCUT2D eigenvalue weighted by Crippen LogP contribution is 2.38. The summed E-state index contributed by atoms with van der Waals surface area (Å²) in [5.74, 6) is -0.217. The second-order valence-electron chi connectivity index (χ2n) is 14.6. The van der Waals surface area contributed by atoms with Gasteiger partial charge in [-0.05, 0) is 12.8 Å². The fourth-order valence-electron chi connectivity index (χ4n) is 5.73. The molecule has 0 aliphatic heterocycles. The molecule has 0 aliphatic carbocycles. The fraction of sp³-hybridized carbons (Fsp3) is 0.973. The summed E-state index contributed by atoms with van der Waals surface area (Å²) in [6, 6.07) is -0.789. The number of likely N-dealkylation sites (N-methyl/N-ethyl adjacent to an activating group) is 1. The number of aliphatic hydroxyl groups is 1. The number of phosphoric acid groups is 1. The Hall–Kier alpha value is -0.500. The zero-order valence-electron chi connectivity index (χ0n) is 31.0. The average molecular weight is 677 g/mol. The molecule has 3 atom stereocenters. The smallest absolute Gasteiger partial charge is 0.268 e. The van der Waals surface area contributed by atoms with Crippen LogP contribution in [0.4, 0.5) is 0 Å². The summed E-state index contributed by atoms with van der Waals surface area (Å²) in [5, 5.41) is 13.5. The van der Waals surface area contributed by atoms with Crippen molar-refractivity contribution in [2.75, 3.05) is 40.9 Å². The Morgan fingerprint density at radius 2 is 1.07 bits per heavy atom. The largest absolute Gasteiger partial charge is 0.756 e. The van der Waals surface area contributed by atoms with Gasteiger partial charge in [-0.1, -0.05) is 162 Å². The van der Waals surface area contributed by atoms with Gasteiger partial charge >= 0.3 is 0 Å². The van der Waals surface area contributed by atoms with Crippen molar-refractivity contribution in [3.63, 3.8) is 0 Å². The van der Waals surface area contributed by atoms with Gasteiger partial charge in [0.05, 0.1) is 39.9 Å². The minimum Gasteiger partial charge on any atom is -0.756 e. The minimum absolute atomic E-state index is 0.0131. The van der Waals surface area contributed by atoms with Crippen molar-refractivity contribution in [1.29, 1.82) is 0 Å². The molecule has 0 rings (SSSR count). The highest BCUT2D eigenvalue weighted by molar-refractivity contribution is 7.45. The van der Waals surface area contributed by atoms with Crippen LogP contribution in [0.25, 0.3) is 0 Å². The van der Waals surface area contributed by atoms with Gasteiger partial charge in [-0.3, -0.25) is 9.36 Å². The van der Waals surface area contributed by atoms with E-state index in [0.29, 0.717) is 30.3 Å². The van der Waals surface area contributed by atoms with Gasteiger partial charge in [-0.25, -0.2) is 0 Å². The fourth-order valence-corrected chi connectivity index (χ4v) is 6.45. The van der Waals surface area contributed by atoms with Crippen LogP contribution in [0.1, 0.15) is 181 Å². The third kappa shape index (κ3) is 32.1. The molecule has 46 heavy (non-hydrogen) atoms. The molecule has 9 heteroatoms. The van der Waals surface area contributed by atoms with E-state index in [2.05, 4.69) is 12.2 Å². The lowest BCUT2D eigenvalue weighted by atomic mass is 10.0. The number of quaternary nitrogens is 1. The molecule has 0 aliphatic rings. The molecule has 8 nitrogen and oxygen atoms in total. The first-order valence-corrected chi connectivity index (χ1v) is 20.8. The Morgan fingerprint density at radius 1 is 0.674 bits per heavy atom. The van der Waals surface area contributed by atoms with E-state index < -0.39 is 20.0 Å². The van der Waals surface area contributed by atoms with Crippen LogP contribution >= 0.6 is 7.82 Å². The van der Waals surface area contributed by atoms with E-state index >= 15 is 0 Å². The lowest BCUT2D eigenvalue weighted by Gasteiger charge is -2.30.